The fourth-order valence-electron chi connectivity index (χ4n) is 2.46. The van der Waals surface area contributed by atoms with E-state index in [1.165, 1.54) is 6.08 Å². The van der Waals surface area contributed by atoms with E-state index in [0.29, 0.717) is 5.69 Å². The molecule has 4 nitrogen and oxygen atoms in total. The number of nitrogens with one attached hydrogen (secondary N) is 2. The Morgan fingerprint density at radius 2 is 1.76 bits per heavy atom. The monoisotopic (exact) mass is 424 g/mol. The number of hydrogen-bond donors (Lipinski definition) is 2. The van der Waals surface area contributed by atoms with Crippen LogP contribution in [0.3, 0.4) is 0 Å². The Morgan fingerprint density at radius 1 is 1.10 bits per heavy atom. The van der Waals surface area contributed by atoms with Crippen molar-refractivity contribution in [2.45, 2.75) is 32.5 Å². The molecule has 154 valence electrons. The maximum absolute atomic E-state index is 12.8. The Morgan fingerprint density at radius 3 is 2.34 bits per heavy atom. The van der Waals surface area contributed by atoms with Crippen LogP contribution in [-0.2, 0) is 22.2 Å². The van der Waals surface area contributed by atoms with Crippen LogP contribution in [0.15, 0.2) is 48.5 Å². The van der Waals surface area contributed by atoms with E-state index in [1.54, 1.807) is 24.3 Å². The predicted molar refractivity (Wildman–Crippen MR) is 108 cm³/mol. The van der Waals surface area contributed by atoms with Crippen molar-refractivity contribution in [3.63, 3.8) is 0 Å². The van der Waals surface area contributed by atoms with Crippen molar-refractivity contribution in [2.24, 2.45) is 0 Å². The number of hydrogen-bond acceptors (Lipinski definition) is 2. The van der Waals surface area contributed by atoms with Crippen molar-refractivity contribution < 1.29 is 22.8 Å². The topological polar surface area (TPSA) is 58.2 Å². The van der Waals surface area contributed by atoms with Crippen LogP contribution < -0.4 is 10.6 Å². The minimum atomic E-state index is -4.50. The van der Waals surface area contributed by atoms with E-state index in [9.17, 15) is 22.8 Å². The van der Waals surface area contributed by atoms with E-state index in [0.717, 1.165) is 29.8 Å². The maximum atomic E-state index is 12.8. The molecular formula is C21H20ClF3N2O2. The summed E-state index contributed by atoms with van der Waals surface area (Å²) in [6.45, 7) is 3.74. The van der Waals surface area contributed by atoms with E-state index in [4.69, 9.17) is 11.6 Å². The molecule has 0 atom stereocenters. The Labute approximate surface area is 171 Å². The number of halogens is 4. The molecule has 0 aliphatic rings. The molecule has 2 aromatic rings. The number of carbonyl (C=O) groups is 2. The van der Waals surface area contributed by atoms with Gasteiger partial charge >= 0.3 is 6.18 Å². The van der Waals surface area contributed by atoms with Gasteiger partial charge in [-0.25, -0.2) is 0 Å². The molecule has 2 aromatic carbocycles. The van der Waals surface area contributed by atoms with Crippen LogP contribution in [0, 0.1) is 0 Å². The molecule has 0 aliphatic carbocycles. The number of rotatable bonds is 6. The van der Waals surface area contributed by atoms with Crippen LogP contribution >= 0.6 is 11.6 Å². The first-order valence-corrected chi connectivity index (χ1v) is 9.16. The van der Waals surface area contributed by atoms with Crippen LogP contribution in [0.2, 0.25) is 5.02 Å². The van der Waals surface area contributed by atoms with Crippen molar-refractivity contribution >= 4 is 35.2 Å². The standard InChI is InChI=1S/C21H20ClF3N2O2/c1-13(2)26-20(29)11-14-3-7-17(8-4-14)27-19(28)10-5-15-12-16(21(23,24)25)6-9-18(15)22/h3-10,12-13H,11H2,1-2H3,(H,26,29)(H,27,28)/b10-5+. The van der Waals surface area contributed by atoms with Crippen molar-refractivity contribution in [1.82, 2.24) is 5.32 Å². The molecule has 0 fully saturated rings. The molecular weight excluding hydrogens is 405 g/mol. The smallest absolute Gasteiger partial charge is 0.354 e. The second-order valence-electron chi connectivity index (χ2n) is 6.65. The van der Waals surface area contributed by atoms with Gasteiger partial charge in [-0.15, -0.1) is 0 Å². The zero-order chi connectivity index (χ0) is 21.6. The largest absolute Gasteiger partial charge is 0.416 e. The molecule has 0 saturated carbocycles. The van der Waals surface area contributed by atoms with Crippen LogP contribution in [0.25, 0.3) is 6.08 Å². The lowest BCUT2D eigenvalue weighted by molar-refractivity contribution is -0.137. The Hall–Kier alpha value is -2.80. The van der Waals surface area contributed by atoms with Gasteiger partial charge in [-0.05, 0) is 61.4 Å². The summed E-state index contributed by atoms with van der Waals surface area (Å²) in [5.41, 5.74) is 0.512. The summed E-state index contributed by atoms with van der Waals surface area (Å²) < 4.78 is 38.4. The fraction of sp³-hybridized carbons (Fsp3) is 0.238. The van der Waals surface area contributed by atoms with Gasteiger partial charge in [0, 0.05) is 22.8 Å². The zero-order valence-electron chi connectivity index (χ0n) is 15.8. The second kappa shape index (κ2) is 9.60. The SMILES string of the molecule is CC(C)NC(=O)Cc1ccc(NC(=O)/C=C/c2cc(C(F)(F)F)ccc2Cl)cc1. The Kier molecular flexibility index (Phi) is 7.45. The first-order valence-electron chi connectivity index (χ1n) is 8.78. The van der Waals surface area contributed by atoms with Gasteiger partial charge in [-0.1, -0.05) is 23.7 Å². The Balaban J connectivity index is 2.00. The summed E-state index contributed by atoms with van der Waals surface area (Å²) >= 11 is 5.90. The molecule has 0 aliphatic heterocycles. The van der Waals surface area contributed by atoms with Crippen molar-refractivity contribution in [2.75, 3.05) is 5.32 Å². The third-order valence-corrected chi connectivity index (χ3v) is 4.12. The van der Waals surface area contributed by atoms with E-state index >= 15 is 0 Å². The van der Waals surface area contributed by atoms with Crippen molar-refractivity contribution in [3.8, 4) is 0 Å². The summed E-state index contributed by atoms with van der Waals surface area (Å²) in [5.74, 6) is -0.624. The third-order valence-electron chi connectivity index (χ3n) is 3.77. The van der Waals surface area contributed by atoms with Crippen LogP contribution in [0.4, 0.5) is 18.9 Å². The van der Waals surface area contributed by atoms with Crippen LogP contribution in [0.5, 0.6) is 0 Å². The van der Waals surface area contributed by atoms with E-state index in [2.05, 4.69) is 10.6 Å². The summed E-state index contributed by atoms with van der Waals surface area (Å²) in [7, 11) is 0. The molecule has 0 bridgehead atoms. The first kappa shape index (κ1) is 22.5. The average Bonchev–Trinajstić information content (AvgIpc) is 2.61. The lowest BCUT2D eigenvalue weighted by Gasteiger charge is -2.09. The number of amides is 2. The number of carbonyl (C=O) groups excluding carboxylic acids is 2. The summed E-state index contributed by atoms with van der Waals surface area (Å²) in [6.07, 6.45) is -1.95. The van der Waals surface area contributed by atoms with E-state index < -0.39 is 17.6 Å². The highest BCUT2D eigenvalue weighted by molar-refractivity contribution is 6.32. The molecule has 0 heterocycles. The number of alkyl halides is 3. The minimum absolute atomic E-state index is 0.0539. The number of anilines is 1. The lowest BCUT2D eigenvalue weighted by atomic mass is 10.1. The highest BCUT2D eigenvalue weighted by atomic mass is 35.5. The van der Waals surface area contributed by atoms with Gasteiger partial charge in [-0.2, -0.15) is 13.2 Å². The zero-order valence-corrected chi connectivity index (χ0v) is 16.6. The normalized spacial score (nSPS) is 11.7. The van der Waals surface area contributed by atoms with Gasteiger partial charge in [0.25, 0.3) is 0 Å². The highest BCUT2D eigenvalue weighted by Crippen LogP contribution is 2.32. The Bertz CT molecular complexity index is 907. The first-order chi connectivity index (χ1) is 13.5. The maximum Gasteiger partial charge on any atom is 0.416 e. The van der Waals surface area contributed by atoms with Gasteiger partial charge in [0.15, 0.2) is 0 Å². The average molecular weight is 425 g/mol. The quantitative estimate of drug-likeness (QED) is 0.635. The molecule has 0 saturated heterocycles. The van der Waals surface area contributed by atoms with E-state index in [1.807, 2.05) is 13.8 Å². The molecule has 0 radical (unpaired) electrons. The third kappa shape index (κ3) is 7.27. The fourth-order valence-corrected chi connectivity index (χ4v) is 2.64. The molecule has 2 N–H and O–H groups in total. The van der Waals surface area contributed by atoms with Crippen LogP contribution in [-0.4, -0.2) is 17.9 Å². The molecule has 0 unspecified atom stereocenters. The minimum Gasteiger partial charge on any atom is -0.354 e. The second-order valence-corrected chi connectivity index (χ2v) is 7.06. The molecule has 2 amide bonds. The predicted octanol–water partition coefficient (Wildman–Crippen LogP) is 5.08. The summed E-state index contributed by atoms with van der Waals surface area (Å²) in [4.78, 5) is 23.8. The molecule has 8 heteroatoms. The lowest BCUT2D eigenvalue weighted by Crippen LogP contribution is -2.31. The molecule has 0 spiro atoms. The summed E-state index contributed by atoms with van der Waals surface area (Å²) in [5, 5.41) is 5.49. The van der Waals surface area contributed by atoms with Crippen molar-refractivity contribution in [1.29, 1.82) is 0 Å². The van der Waals surface area contributed by atoms with E-state index in [-0.39, 0.29) is 29.0 Å². The molecule has 2 rings (SSSR count). The van der Waals surface area contributed by atoms with Gasteiger partial charge in [0.05, 0.1) is 12.0 Å². The molecule has 29 heavy (non-hydrogen) atoms. The van der Waals surface area contributed by atoms with Crippen LogP contribution in [0.1, 0.15) is 30.5 Å². The van der Waals surface area contributed by atoms with Gasteiger partial charge in [0.2, 0.25) is 11.8 Å². The highest BCUT2D eigenvalue weighted by Gasteiger charge is 2.30. The number of benzene rings is 2. The van der Waals surface area contributed by atoms with Gasteiger partial charge in [-0.3, -0.25) is 9.59 Å². The molecule has 0 aromatic heterocycles. The van der Waals surface area contributed by atoms with Gasteiger partial charge < -0.3 is 10.6 Å². The summed E-state index contributed by atoms with van der Waals surface area (Å²) in [6, 6.07) is 9.65. The van der Waals surface area contributed by atoms with Gasteiger partial charge in [0.1, 0.15) is 0 Å². The van der Waals surface area contributed by atoms with Crippen molar-refractivity contribution in [3.05, 3.63) is 70.3 Å².